The van der Waals surface area contributed by atoms with Gasteiger partial charge in [-0.25, -0.2) is 0 Å². The summed E-state index contributed by atoms with van der Waals surface area (Å²) in [6, 6.07) is -9.67. The molecule has 0 aliphatic carbocycles. The third kappa shape index (κ3) is 12.7. The molecule has 21 heteroatoms. The first-order valence-electron chi connectivity index (χ1n) is 13.8. The first-order chi connectivity index (χ1) is 21.3. The third-order valence-electron chi connectivity index (χ3n) is 6.62. The van der Waals surface area contributed by atoms with Gasteiger partial charge in [0.15, 0.2) is 0 Å². The van der Waals surface area contributed by atoms with Crippen LogP contribution < -0.4 is 32.7 Å². The standard InChI is InChI=1S/C25H37N7O14/c1-10(25(45)46)28-21(41)13(8-18(36)37)30-20(40)12(4-5-16(27)33)29-22(42)14(9-19(38)39)31-23(43)15-3-2-6-32(15)24(44)11(26)7-17(34)35/h10-15H,2-9,26H2,1H3,(H2,27,33)(H,28,41)(H,29,42)(H,30,40)(H,31,43)(H,34,35)(H,36,37)(H,38,39)(H,45,46)/t10-,11-,12-,13-,14-,15-/m0/s1. The van der Waals surface area contributed by atoms with E-state index in [0.29, 0.717) is 6.42 Å². The van der Waals surface area contributed by atoms with Crippen molar-refractivity contribution < 1.29 is 68.4 Å². The molecule has 1 aliphatic rings. The van der Waals surface area contributed by atoms with Crippen LogP contribution in [0.3, 0.4) is 0 Å². The van der Waals surface area contributed by atoms with Gasteiger partial charge in [-0.2, -0.15) is 0 Å². The van der Waals surface area contributed by atoms with Crippen molar-refractivity contribution >= 4 is 59.3 Å². The lowest BCUT2D eigenvalue weighted by molar-refractivity contribution is -0.145. The van der Waals surface area contributed by atoms with E-state index in [1.54, 1.807) is 0 Å². The summed E-state index contributed by atoms with van der Waals surface area (Å²) in [5, 5.41) is 44.8. The quantitative estimate of drug-likeness (QED) is 0.0621. The van der Waals surface area contributed by atoms with E-state index in [2.05, 4.69) is 10.6 Å². The highest BCUT2D eigenvalue weighted by Gasteiger charge is 2.39. The van der Waals surface area contributed by atoms with Crippen LogP contribution in [0.4, 0.5) is 0 Å². The third-order valence-corrected chi connectivity index (χ3v) is 6.62. The first-order valence-corrected chi connectivity index (χ1v) is 13.8. The number of amides is 6. The van der Waals surface area contributed by atoms with Crippen LogP contribution in [0.5, 0.6) is 0 Å². The van der Waals surface area contributed by atoms with Crippen LogP contribution in [0.15, 0.2) is 0 Å². The van der Waals surface area contributed by atoms with Crippen LogP contribution >= 0.6 is 0 Å². The summed E-state index contributed by atoms with van der Waals surface area (Å²) < 4.78 is 0. The second-order valence-electron chi connectivity index (χ2n) is 10.3. The van der Waals surface area contributed by atoms with Crippen molar-refractivity contribution in [3.05, 3.63) is 0 Å². The van der Waals surface area contributed by atoms with E-state index in [9.17, 15) is 53.1 Å². The summed E-state index contributed by atoms with van der Waals surface area (Å²) in [5.74, 6) is -12.5. The number of carboxylic acids is 4. The van der Waals surface area contributed by atoms with Gasteiger partial charge < -0.3 is 58.1 Å². The number of rotatable bonds is 19. The molecular weight excluding hydrogens is 622 g/mol. The van der Waals surface area contributed by atoms with Crippen LogP contribution in [0, 0.1) is 0 Å². The molecule has 12 N–H and O–H groups in total. The molecule has 1 saturated heterocycles. The van der Waals surface area contributed by atoms with Gasteiger partial charge in [0, 0.05) is 13.0 Å². The van der Waals surface area contributed by atoms with Gasteiger partial charge in [0.05, 0.1) is 25.3 Å². The number of nitrogens with zero attached hydrogens (tertiary/aromatic N) is 1. The number of nitrogens with one attached hydrogen (secondary N) is 4. The van der Waals surface area contributed by atoms with Gasteiger partial charge in [0.25, 0.3) is 0 Å². The zero-order valence-electron chi connectivity index (χ0n) is 24.6. The normalized spacial score (nSPS) is 17.3. The fourth-order valence-corrected chi connectivity index (χ4v) is 4.30. The summed E-state index contributed by atoms with van der Waals surface area (Å²) >= 11 is 0. The Hall–Kier alpha value is -5.34. The number of primary amides is 1. The maximum absolute atomic E-state index is 13.2. The molecule has 0 aromatic rings. The highest BCUT2D eigenvalue weighted by molar-refractivity contribution is 5.98. The Labute approximate surface area is 260 Å². The van der Waals surface area contributed by atoms with Crippen molar-refractivity contribution in [3.63, 3.8) is 0 Å². The second kappa shape index (κ2) is 17.8. The Morgan fingerprint density at radius 2 is 1.22 bits per heavy atom. The zero-order chi connectivity index (χ0) is 35.3. The van der Waals surface area contributed by atoms with Gasteiger partial charge in [-0.15, -0.1) is 0 Å². The van der Waals surface area contributed by atoms with Crippen molar-refractivity contribution in [3.8, 4) is 0 Å². The van der Waals surface area contributed by atoms with Crippen LogP contribution in [0.25, 0.3) is 0 Å². The molecule has 0 aromatic heterocycles. The average Bonchev–Trinajstić information content (AvgIpc) is 3.43. The van der Waals surface area contributed by atoms with Crippen LogP contribution in [0.2, 0.25) is 0 Å². The second-order valence-corrected chi connectivity index (χ2v) is 10.3. The predicted molar refractivity (Wildman–Crippen MR) is 149 cm³/mol. The molecular formula is C25H37N7O14. The molecule has 0 unspecified atom stereocenters. The molecule has 256 valence electrons. The van der Waals surface area contributed by atoms with Crippen LogP contribution in [0.1, 0.15) is 51.9 Å². The van der Waals surface area contributed by atoms with E-state index in [0.717, 1.165) is 11.8 Å². The van der Waals surface area contributed by atoms with E-state index >= 15 is 0 Å². The van der Waals surface area contributed by atoms with Crippen LogP contribution in [-0.4, -0.2) is 127 Å². The van der Waals surface area contributed by atoms with Gasteiger partial charge in [-0.1, -0.05) is 0 Å². The Bertz CT molecular complexity index is 1240. The molecule has 0 aromatic carbocycles. The maximum Gasteiger partial charge on any atom is 0.325 e. The molecule has 0 spiro atoms. The van der Waals surface area contributed by atoms with E-state index in [1.165, 1.54) is 0 Å². The largest absolute Gasteiger partial charge is 0.481 e. The fraction of sp³-hybridized carbons (Fsp3) is 0.600. The minimum absolute atomic E-state index is 0.0196. The molecule has 1 heterocycles. The Kier molecular flexibility index (Phi) is 15.0. The van der Waals surface area contributed by atoms with Gasteiger partial charge >= 0.3 is 23.9 Å². The van der Waals surface area contributed by atoms with Crippen molar-refractivity contribution in [2.45, 2.75) is 88.1 Å². The molecule has 1 aliphatic heterocycles. The fourth-order valence-electron chi connectivity index (χ4n) is 4.30. The highest BCUT2D eigenvalue weighted by atomic mass is 16.4. The molecule has 46 heavy (non-hydrogen) atoms. The smallest absolute Gasteiger partial charge is 0.325 e. The zero-order valence-corrected chi connectivity index (χ0v) is 24.6. The topological polar surface area (TPSA) is 355 Å². The minimum Gasteiger partial charge on any atom is -0.481 e. The first kappa shape index (κ1) is 38.7. The van der Waals surface area contributed by atoms with Crippen molar-refractivity contribution in [1.82, 2.24) is 26.2 Å². The lowest BCUT2D eigenvalue weighted by Gasteiger charge is -2.28. The van der Waals surface area contributed by atoms with Gasteiger partial charge in [0.1, 0.15) is 30.2 Å². The molecule has 0 bridgehead atoms. The molecule has 1 rings (SSSR count). The summed E-state index contributed by atoms with van der Waals surface area (Å²) in [6.45, 7) is 1.09. The Morgan fingerprint density at radius 3 is 1.72 bits per heavy atom. The van der Waals surface area contributed by atoms with Crippen molar-refractivity contribution in [2.24, 2.45) is 11.5 Å². The van der Waals surface area contributed by atoms with E-state index in [4.69, 9.17) is 26.8 Å². The van der Waals surface area contributed by atoms with E-state index < -0.39 is 128 Å². The number of carbonyl (C=O) groups excluding carboxylic acids is 6. The number of likely N-dealkylation sites (tertiary alicyclic amines) is 1. The van der Waals surface area contributed by atoms with Gasteiger partial charge in [-0.3, -0.25) is 47.9 Å². The lowest BCUT2D eigenvalue weighted by Crippen LogP contribution is -2.59. The summed E-state index contributed by atoms with van der Waals surface area (Å²) in [6.07, 6.45) is -3.48. The Balaban J connectivity index is 3.19. The van der Waals surface area contributed by atoms with Gasteiger partial charge in [0.2, 0.25) is 35.4 Å². The molecule has 0 radical (unpaired) electrons. The molecule has 6 atom stereocenters. The molecule has 6 amide bonds. The summed E-state index contributed by atoms with van der Waals surface area (Å²) in [7, 11) is 0. The number of carboxylic acid groups (broad SMARTS) is 4. The van der Waals surface area contributed by atoms with Crippen molar-refractivity contribution in [1.29, 1.82) is 0 Å². The average molecular weight is 660 g/mol. The minimum atomic E-state index is -1.87. The van der Waals surface area contributed by atoms with E-state index in [-0.39, 0.29) is 13.0 Å². The summed E-state index contributed by atoms with van der Waals surface area (Å²) in [5.41, 5.74) is 10.8. The Morgan fingerprint density at radius 1 is 0.739 bits per heavy atom. The number of hydrogen-bond acceptors (Lipinski definition) is 11. The molecule has 21 nitrogen and oxygen atoms in total. The highest BCUT2D eigenvalue weighted by Crippen LogP contribution is 2.19. The summed E-state index contributed by atoms with van der Waals surface area (Å²) in [4.78, 5) is 122. The maximum atomic E-state index is 13.2. The van der Waals surface area contributed by atoms with Crippen LogP contribution in [-0.2, 0) is 47.9 Å². The van der Waals surface area contributed by atoms with E-state index in [1.807, 2.05) is 10.6 Å². The number of aliphatic carboxylic acids is 4. The number of carbonyl (C=O) groups is 10. The van der Waals surface area contributed by atoms with Gasteiger partial charge in [-0.05, 0) is 26.2 Å². The molecule has 1 fully saturated rings. The lowest BCUT2D eigenvalue weighted by atomic mass is 10.1. The predicted octanol–water partition coefficient (Wildman–Crippen LogP) is -4.96. The van der Waals surface area contributed by atoms with Crippen molar-refractivity contribution in [2.75, 3.05) is 6.54 Å². The number of nitrogens with two attached hydrogens (primary N) is 2. The molecule has 0 saturated carbocycles. The monoisotopic (exact) mass is 659 g/mol. The SMILES string of the molecule is C[C@H](NC(=O)[C@H](CC(=O)O)NC(=O)[C@H](CCC(N)=O)NC(=O)[C@H](CC(=O)O)NC(=O)[C@@H]1CCCN1C(=O)[C@@H](N)CC(=O)O)C(=O)O. The number of hydrogen-bond donors (Lipinski definition) is 10.